The molecule has 1 heterocycles. The van der Waals surface area contributed by atoms with Crippen LogP contribution in [0.3, 0.4) is 0 Å². The molecule has 1 aromatic carbocycles. The molecule has 0 atom stereocenters. The molecule has 124 valence electrons. The molecule has 0 aliphatic heterocycles. The average Bonchev–Trinajstić information content (AvgIpc) is 2.94. The number of hydrogen-bond acceptors (Lipinski definition) is 3. The lowest BCUT2D eigenvalue weighted by molar-refractivity contribution is 0.0685. The zero-order valence-corrected chi connectivity index (χ0v) is 14.1. The van der Waals surface area contributed by atoms with Crippen molar-refractivity contribution in [3.05, 3.63) is 52.8 Å². The monoisotopic (exact) mass is 356 g/mol. The zero-order valence-electron chi connectivity index (χ0n) is 12.5. The molecule has 0 saturated carbocycles. The van der Waals surface area contributed by atoms with Gasteiger partial charge < -0.3 is 9.67 Å². The van der Waals surface area contributed by atoms with Crippen molar-refractivity contribution < 1.29 is 18.3 Å². The minimum Gasteiger partial charge on any atom is -0.477 e. The van der Waals surface area contributed by atoms with Crippen LogP contribution < -0.4 is 4.72 Å². The molecule has 1 aromatic heterocycles. The molecular weight excluding hydrogens is 340 g/mol. The Bertz CT molecular complexity index is 797. The Morgan fingerprint density at radius 1 is 1.30 bits per heavy atom. The van der Waals surface area contributed by atoms with E-state index in [0.717, 1.165) is 11.6 Å². The van der Waals surface area contributed by atoms with Gasteiger partial charge in [0, 0.05) is 24.3 Å². The fourth-order valence-corrected chi connectivity index (χ4v) is 3.33. The first-order valence-electron chi connectivity index (χ1n) is 7.01. The number of hydrogen-bond donors (Lipinski definition) is 2. The molecule has 2 N–H and O–H groups in total. The van der Waals surface area contributed by atoms with E-state index in [-0.39, 0.29) is 17.1 Å². The van der Waals surface area contributed by atoms with Crippen molar-refractivity contribution in [2.24, 2.45) is 0 Å². The smallest absolute Gasteiger partial charge is 0.352 e. The molecule has 0 amide bonds. The number of carboxylic acid groups (broad SMARTS) is 1. The summed E-state index contributed by atoms with van der Waals surface area (Å²) in [7, 11) is -3.74. The molecule has 2 rings (SSSR count). The van der Waals surface area contributed by atoms with Crippen LogP contribution in [0.15, 0.2) is 41.4 Å². The molecular formula is C15H17ClN2O4S. The van der Waals surface area contributed by atoms with Gasteiger partial charge in [-0.15, -0.1) is 0 Å². The van der Waals surface area contributed by atoms with E-state index in [1.165, 1.54) is 10.8 Å². The van der Waals surface area contributed by atoms with E-state index in [0.29, 0.717) is 18.0 Å². The number of aromatic nitrogens is 1. The van der Waals surface area contributed by atoms with Crippen molar-refractivity contribution in [2.45, 2.75) is 24.8 Å². The molecule has 0 saturated heterocycles. The van der Waals surface area contributed by atoms with Crippen LogP contribution in [0, 0.1) is 0 Å². The van der Waals surface area contributed by atoms with E-state index in [9.17, 15) is 13.2 Å². The zero-order chi connectivity index (χ0) is 17.0. The summed E-state index contributed by atoms with van der Waals surface area (Å²) >= 11 is 5.79. The summed E-state index contributed by atoms with van der Waals surface area (Å²) in [4.78, 5) is 11.1. The summed E-state index contributed by atoms with van der Waals surface area (Å²) in [5.41, 5.74) is 0.903. The van der Waals surface area contributed by atoms with Gasteiger partial charge in [0.15, 0.2) is 0 Å². The maximum Gasteiger partial charge on any atom is 0.352 e. The Morgan fingerprint density at radius 3 is 2.48 bits per heavy atom. The number of rotatable bonds is 7. The van der Waals surface area contributed by atoms with Gasteiger partial charge in [-0.3, -0.25) is 0 Å². The van der Waals surface area contributed by atoms with Crippen LogP contribution in [-0.4, -0.2) is 30.6 Å². The van der Waals surface area contributed by atoms with Gasteiger partial charge in [-0.1, -0.05) is 23.7 Å². The van der Waals surface area contributed by atoms with Gasteiger partial charge in [0.1, 0.15) is 10.6 Å². The van der Waals surface area contributed by atoms with E-state index in [1.54, 1.807) is 19.1 Å². The lowest BCUT2D eigenvalue weighted by Crippen LogP contribution is -2.25. The Labute approximate surface area is 139 Å². The summed E-state index contributed by atoms with van der Waals surface area (Å²) in [6.07, 6.45) is 1.84. The van der Waals surface area contributed by atoms with Gasteiger partial charge in [0.25, 0.3) is 0 Å². The third-order valence-corrected chi connectivity index (χ3v) is 5.04. The number of sulfonamides is 1. The number of aromatic carboxylic acids is 1. The molecule has 23 heavy (non-hydrogen) atoms. The number of carboxylic acids is 1. The van der Waals surface area contributed by atoms with Gasteiger partial charge in [-0.2, -0.15) is 0 Å². The summed E-state index contributed by atoms with van der Waals surface area (Å²) in [5.74, 6) is -1.16. The molecule has 0 aliphatic rings. The van der Waals surface area contributed by atoms with E-state index < -0.39 is 16.0 Å². The quantitative estimate of drug-likeness (QED) is 0.797. The fourth-order valence-electron chi connectivity index (χ4n) is 2.14. The van der Waals surface area contributed by atoms with Crippen LogP contribution in [0.25, 0.3) is 0 Å². The lowest BCUT2D eigenvalue weighted by Gasteiger charge is -2.05. The second-order valence-electron chi connectivity index (χ2n) is 4.93. The van der Waals surface area contributed by atoms with E-state index in [1.807, 2.05) is 12.1 Å². The standard InChI is InChI=1S/C15H17ClN2O4S/c1-2-18-10-13(9-14(18)15(19)20)23(21,22)17-8-7-11-3-5-12(16)6-4-11/h3-6,9-10,17H,2,7-8H2,1H3,(H,19,20). The predicted molar refractivity (Wildman–Crippen MR) is 87.4 cm³/mol. The van der Waals surface area contributed by atoms with Crippen molar-refractivity contribution in [3.8, 4) is 0 Å². The topological polar surface area (TPSA) is 88.4 Å². The molecule has 0 unspecified atom stereocenters. The normalized spacial score (nSPS) is 11.6. The van der Waals surface area contributed by atoms with Crippen molar-refractivity contribution in [3.63, 3.8) is 0 Å². The maximum atomic E-state index is 12.2. The number of nitrogens with one attached hydrogen (secondary N) is 1. The Hall–Kier alpha value is -1.83. The third kappa shape index (κ3) is 4.34. The minimum atomic E-state index is -3.74. The van der Waals surface area contributed by atoms with Crippen molar-refractivity contribution in [2.75, 3.05) is 6.54 Å². The third-order valence-electron chi connectivity index (χ3n) is 3.36. The number of halogens is 1. The molecule has 0 bridgehead atoms. The minimum absolute atomic E-state index is 0.0483. The maximum absolute atomic E-state index is 12.2. The highest BCUT2D eigenvalue weighted by molar-refractivity contribution is 7.89. The Morgan fingerprint density at radius 2 is 1.96 bits per heavy atom. The van der Waals surface area contributed by atoms with E-state index in [2.05, 4.69) is 4.72 Å². The first-order chi connectivity index (χ1) is 10.8. The van der Waals surface area contributed by atoms with Crippen LogP contribution in [0.2, 0.25) is 5.02 Å². The number of benzene rings is 1. The van der Waals surface area contributed by atoms with Crippen LogP contribution in [-0.2, 0) is 23.0 Å². The molecule has 6 nitrogen and oxygen atoms in total. The number of aryl methyl sites for hydroxylation is 1. The number of carbonyl (C=O) groups is 1. The molecule has 0 radical (unpaired) electrons. The highest BCUT2D eigenvalue weighted by atomic mass is 35.5. The number of nitrogens with zero attached hydrogens (tertiary/aromatic N) is 1. The molecule has 8 heteroatoms. The second kappa shape index (κ2) is 7.16. The molecule has 2 aromatic rings. The summed E-state index contributed by atoms with van der Waals surface area (Å²) in [5, 5.41) is 9.70. The predicted octanol–water partition coefficient (Wildman–Crippen LogP) is 2.38. The summed E-state index contributed by atoms with van der Waals surface area (Å²) < 4.78 is 28.3. The van der Waals surface area contributed by atoms with Crippen LogP contribution in [0.1, 0.15) is 23.0 Å². The van der Waals surface area contributed by atoms with Crippen LogP contribution >= 0.6 is 11.6 Å². The van der Waals surface area contributed by atoms with Gasteiger partial charge in [0.2, 0.25) is 10.0 Å². The first kappa shape index (κ1) is 17.5. The lowest BCUT2D eigenvalue weighted by atomic mass is 10.2. The summed E-state index contributed by atoms with van der Waals surface area (Å²) in [6.45, 7) is 2.34. The second-order valence-corrected chi connectivity index (χ2v) is 7.13. The van der Waals surface area contributed by atoms with Gasteiger partial charge in [-0.25, -0.2) is 17.9 Å². The molecule has 0 fully saturated rings. The highest BCUT2D eigenvalue weighted by Crippen LogP contribution is 2.15. The SMILES string of the molecule is CCn1cc(S(=O)(=O)NCCc2ccc(Cl)cc2)cc1C(=O)O. The Kier molecular flexibility index (Phi) is 5.46. The van der Waals surface area contributed by atoms with E-state index >= 15 is 0 Å². The van der Waals surface area contributed by atoms with Gasteiger partial charge in [-0.05, 0) is 37.1 Å². The summed E-state index contributed by atoms with van der Waals surface area (Å²) in [6, 6.07) is 8.30. The van der Waals surface area contributed by atoms with Crippen LogP contribution in [0.4, 0.5) is 0 Å². The van der Waals surface area contributed by atoms with Gasteiger partial charge in [0.05, 0.1) is 0 Å². The molecule has 0 spiro atoms. The van der Waals surface area contributed by atoms with Crippen molar-refractivity contribution in [1.29, 1.82) is 0 Å². The van der Waals surface area contributed by atoms with Crippen molar-refractivity contribution >= 4 is 27.6 Å². The van der Waals surface area contributed by atoms with Gasteiger partial charge >= 0.3 is 5.97 Å². The Balaban J connectivity index is 2.07. The average molecular weight is 357 g/mol. The highest BCUT2D eigenvalue weighted by Gasteiger charge is 2.20. The first-order valence-corrected chi connectivity index (χ1v) is 8.87. The van der Waals surface area contributed by atoms with Crippen LogP contribution in [0.5, 0.6) is 0 Å². The van der Waals surface area contributed by atoms with Crippen molar-refractivity contribution in [1.82, 2.24) is 9.29 Å². The largest absolute Gasteiger partial charge is 0.477 e. The fraction of sp³-hybridized carbons (Fsp3) is 0.267. The molecule has 0 aliphatic carbocycles. The van der Waals surface area contributed by atoms with E-state index in [4.69, 9.17) is 16.7 Å².